The first-order valence-corrected chi connectivity index (χ1v) is 9.94. The molecule has 0 spiro atoms. The molecular formula is C22H18Cl2N4O. The van der Waals surface area contributed by atoms with Gasteiger partial charge < -0.3 is 10.6 Å². The SMILES string of the molecule is O=C(CCNc1ccnc2cc(Cl)ccc12)CNc1ccnc2cc(Cl)ccc12. The van der Waals surface area contributed by atoms with Gasteiger partial charge in [-0.05, 0) is 48.5 Å². The second-order valence-corrected chi connectivity index (χ2v) is 7.48. The van der Waals surface area contributed by atoms with Crippen LogP contribution >= 0.6 is 23.2 Å². The van der Waals surface area contributed by atoms with Crippen LogP contribution < -0.4 is 10.6 Å². The highest BCUT2D eigenvalue weighted by atomic mass is 35.5. The van der Waals surface area contributed by atoms with Gasteiger partial charge in [-0.2, -0.15) is 0 Å². The van der Waals surface area contributed by atoms with Crippen LogP contribution in [0.3, 0.4) is 0 Å². The van der Waals surface area contributed by atoms with Gasteiger partial charge in [0.2, 0.25) is 0 Å². The van der Waals surface area contributed by atoms with Crippen LogP contribution in [0.5, 0.6) is 0 Å². The zero-order chi connectivity index (χ0) is 20.2. The maximum atomic E-state index is 12.3. The standard InChI is InChI=1S/C22H18Cl2N4O/c23-14-1-3-17-19(6-9-26-21(17)11-14)25-8-5-16(29)13-28-20-7-10-27-22-12-15(24)2-4-18(20)22/h1-4,6-7,9-12H,5,8,13H2,(H,25,26)(H,27,28). The van der Waals surface area contributed by atoms with Gasteiger partial charge in [-0.25, -0.2) is 0 Å². The first-order valence-electron chi connectivity index (χ1n) is 9.18. The van der Waals surface area contributed by atoms with Crippen LogP contribution in [0.4, 0.5) is 11.4 Å². The Morgan fingerprint density at radius 1 is 0.793 bits per heavy atom. The summed E-state index contributed by atoms with van der Waals surface area (Å²) in [6.45, 7) is 0.783. The highest BCUT2D eigenvalue weighted by Gasteiger charge is 2.07. The molecule has 0 unspecified atom stereocenters. The summed E-state index contributed by atoms with van der Waals surface area (Å²) in [6, 6.07) is 14.9. The molecule has 2 aromatic carbocycles. The maximum Gasteiger partial charge on any atom is 0.153 e. The number of benzene rings is 2. The molecular weight excluding hydrogens is 407 g/mol. The van der Waals surface area contributed by atoms with E-state index in [-0.39, 0.29) is 12.3 Å². The number of pyridine rings is 2. The lowest BCUT2D eigenvalue weighted by Crippen LogP contribution is -2.17. The summed E-state index contributed by atoms with van der Waals surface area (Å²) in [4.78, 5) is 21.0. The normalized spacial score (nSPS) is 11.0. The number of fused-ring (bicyclic) bond motifs is 2. The number of anilines is 2. The Bertz CT molecular complexity index is 1200. The van der Waals surface area contributed by atoms with Crippen molar-refractivity contribution in [1.29, 1.82) is 0 Å². The average Bonchev–Trinajstić information content (AvgIpc) is 2.71. The molecule has 29 heavy (non-hydrogen) atoms. The van der Waals surface area contributed by atoms with Gasteiger partial charge in [-0.3, -0.25) is 14.8 Å². The molecule has 7 heteroatoms. The number of Topliss-reactive ketones (excluding diaryl/α,β-unsaturated/α-hetero) is 1. The number of aromatic nitrogens is 2. The van der Waals surface area contributed by atoms with Gasteiger partial charge in [0.1, 0.15) is 0 Å². The Kier molecular flexibility index (Phi) is 5.79. The number of nitrogens with zero attached hydrogens (tertiary/aromatic N) is 2. The second kappa shape index (κ2) is 8.64. The fraction of sp³-hybridized carbons (Fsp3) is 0.136. The lowest BCUT2D eigenvalue weighted by molar-refractivity contribution is -0.117. The number of carbonyl (C=O) groups excluding carboxylic acids is 1. The first kappa shape index (κ1) is 19.4. The largest absolute Gasteiger partial charge is 0.384 e. The fourth-order valence-corrected chi connectivity index (χ4v) is 3.50. The van der Waals surface area contributed by atoms with Crippen molar-refractivity contribution in [2.45, 2.75) is 6.42 Å². The minimum Gasteiger partial charge on any atom is -0.384 e. The first-order chi connectivity index (χ1) is 14.1. The molecule has 2 heterocycles. The van der Waals surface area contributed by atoms with Crippen LogP contribution in [0.2, 0.25) is 10.0 Å². The van der Waals surface area contributed by atoms with E-state index in [2.05, 4.69) is 20.6 Å². The molecule has 0 bridgehead atoms. The highest BCUT2D eigenvalue weighted by molar-refractivity contribution is 6.31. The van der Waals surface area contributed by atoms with E-state index in [0.717, 1.165) is 33.2 Å². The third-order valence-corrected chi connectivity index (χ3v) is 5.08. The monoisotopic (exact) mass is 424 g/mol. The average molecular weight is 425 g/mol. The van der Waals surface area contributed by atoms with Gasteiger partial charge in [0, 0.05) is 57.6 Å². The van der Waals surface area contributed by atoms with Gasteiger partial charge in [0.05, 0.1) is 17.6 Å². The van der Waals surface area contributed by atoms with Crippen LogP contribution in [-0.4, -0.2) is 28.8 Å². The predicted octanol–water partition coefficient (Wildman–Crippen LogP) is 5.57. The van der Waals surface area contributed by atoms with Crippen molar-refractivity contribution in [1.82, 2.24) is 9.97 Å². The number of carbonyl (C=O) groups is 1. The topological polar surface area (TPSA) is 66.9 Å². The summed E-state index contributed by atoms with van der Waals surface area (Å²) in [7, 11) is 0. The van der Waals surface area contributed by atoms with Crippen molar-refractivity contribution >= 4 is 62.2 Å². The number of hydrogen-bond acceptors (Lipinski definition) is 5. The van der Waals surface area contributed by atoms with Gasteiger partial charge in [0.15, 0.2) is 5.78 Å². The number of halogens is 2. The molecule has 2 aromatic heterocycles. The van der Waals surface area contributed by atoms with Crippen molar-refractivity contribution in [2.75, 3.05) is 23.7 Å². The quantitative estimate of drug-likeness (QED) is 0.405. The second-order valence-electron chi connectivity index (χ2n) is 6.61. The molecule has 0 amide bonds. The van der Waals surface area contributed by atoms with Crippen LogP contribution in [0.15, 0.2) is 60.9 Å². The smallest absolute Gasteiger partial charge is 0.153 e. The Balaban J connectivity index is 1.35. The van der Waals surface area contributed by atoms with Crippen molar-refractivity contribution in [3.63, 3.8) is 0 Å². The summed E-state index contributed by atoms with van der Waals surface area (Å²) in [5, 5.41) is 9.72. The van der Waals surface area contributed by atoms with E-state index in [9.17, 15) is 4.79 Å². The molecule has 4 aromatic rings. The van der Waals surface area contributed by atoms with Gasteiger partial charge in [-0.1, -0.05) is 23.2 Å². The fourth-order valence-electron chi connectivity index (χ4n) is 3.17. The molecule has 2 N–H and O–H groups in total. The van der Waals surface area contributed by atoms with E-state index in [1.54, 1.807) is 18.5 Å². The number of nitrogens with one attached hydrogen (secondary N) is 2. The number of rotatable bonds is 7. The Morgan fingerprint density at radius 2 is 1.34 bits per heavy atom. The third-order valence-electron chi connectivity index (χ3n) is 4.60. The van der Waals surface area contributed by atoms with Crippen molar-refractivity contribution in [3.8, 4) is 0 Å². The molecule has 5 nitrogen and oxygen atoms in total. The van der Waals surface area contributed by atoms with Crippen molar-refractivity contribution < 1.29 is 4.79 Å². The van der Waals surface area contributed by atoms with E-state index in [1.165, 1.54) is 0 Å². The number of ketones is 1. The third kappa shape index (κ3) is 4.58. The summed E-state index contributed by atoms with van der Waals surface area (Å²) >= 11 is 12.0. The molecule has 0 atom stereocenters. The zero-order valence-corrected chi connectivity index (χ0v) is 17.0. The molecule has 4 rings (SSSR count). The van der Waals surface area contributed by atoms with Crippen LogP contribution in [0.1, 0.15) is 6.42 Å². The van der Waals surface area contributed by atoms with Gasteiger partial charge in [-0.15, -0.1) is 0 Å². The lowest BCUT2D eigenvalue weighted by Gasteiger charge is -2.11. The molecule has 0 aliphatic carbocycles. The number of hydrogen-bond donors (Lipinski definition) is 2. The molecule has 0 saturated heterocycles. The summed E-state index contributed by atoms with van der Waals surface area (Å²) < 4.78 is 0. The zero-order valence-electron chi connectivity index (χ0n) is 15.5. The maximum absolute atomic E-state index is 12.3. The minimum atomic E-state index is 0.109. The lowest BCUT2D eigenvalue weighted by atomic mass is 10.1. The Labute approximate surface area is 178 Å². The van der Waals surface area contributed by atoms with E-state index in [4.69, 9.17) is 23.2 Å². The summed E-state index contributed by atoms with van der Waals surface area (Å²) in [5.41, 5.74) is 3.41. The molecule has 146 valence electrons. The molecule has 0 aliphatic rings. The molecule has 0 radical (unpaired) electrons. The predicted molar refractivity (Wildman–Crippen MR) is 120 cm³/mol. The van der Waals surface area contributed by atoms with Crippen LogP contribution in [0, 0.1) is 0 Å². The van der Waals surface area contributed by atoms with E-state index in [1.807, 2.05) is 42.5 Å². The van der Waals surface area contributed by atoms with Crippen LogP contribution in [0.25, 0.3) is 21.8 Å². The Hall–Kier alpha value is -2.89. The molecule has 0 aliphatic heterocycles. The van der Waals surface area contributed by atoms with Gasteiger partial charge in [0.25, 0.3) is 0 Å². The summed E-state index contributed by atoms with van der Waals surface area (Å²) in [5.74, 6) is 0.109. The van der Waals surface area contributed by atoms with E-state index in [0.29, 0.717) is 23.0 Å². The highest BCUT2D eigenvalue weighted by Crippen LogP contribution is 2.25. The van der Waals surface area contributed by atoms with E-state index < -0.39 is 0 Å². The van der Waals surface area contributed by atoms with Gasteiger partial charge >= 0.3 is 0 Å². The minimum absolute atomic E-state index is 0.109. The van der Waals surface area contributed by atoms with Crippen molar-refractivity contribution in [3.05, 3.63) is 71.0 Å². The van der Waals surface area contributed by atoms with E-state index >= 15 is 0 Å². The van der Waals surface area contributed by atoms with Crippen molar-refractivity contribution in [2.24, 2.45) is 0 Å². The van der Waals surface area contributed by atoms with Crippen LogP contribution in [-0.2, 0) is 4.79 Å². The summed E-state index contributed by atoms with van der Waals surface area (Å²) in [6.07, 6.45) is 3.83. The Morgan fingerprint density at radius 3 is 1.93 bits per heavy atom. The molecule has 0 saturated carbocycles. The molecule has 0 fully saturated rings.